The summed E-state index contributed by atoms with van der Waals surface area (Å²) in [4.78, 5) is 1.36. The minimum absolute atomic E-state index is 0.302. The van der Waals surface area contributed by atoms with Gasteiger partial charge in [0.2, 0.25) is 0 Å². The highest BCUT2D eigenvalue weighted by Crippen LogP contribution is 2.19. The zero-order valence-corrected chi connectivity index (χ0v) is 10.6. The highest BCUT2D eigenvalue weighted by molar-refractivity contribution is 7.10. The van der Waals surface area contributed by atoms with E-state index in [4.69, 9.17) is 4.74 Å². The third kappa shape index (κ3) is 4.78. The third-order valence-electron chi connectivity index (χ3n) is 2.12. The number of ether oxygens (including phenoxy) is 1. The lowest BCUT2D eigenvalue weighted by Gasteiger charge is -2.18. The number of nitrogens with one attached hydrogen (secondary N) is 1. The molecule has 1 unspecified atom stereocenters. The highest BCUT2D eigenvalue weighted by atomic mass is 32.1. The van der Waals surface area contributed by atoms with E-state index in [0.29, 0.717) is 12.1 Å². The lowest BCUT2D eigenvalue weighted by Crippen LogP contribution is -2.26. The first-order chi connectivity index (χ1) is 7.24. The molecule has 0 aliphatic rings. The zero-order valence-electron chi connectivity index (χ0n) is 9.82. The molecule has 1 heterocycles. The lowest BCUT2D eigenvalue weighted by atomic mass is 10.2. The van der Waals surface area contributed by atoms with Crippen molar-refractivity contribution in [2.75, 3.05) is 13.2 Å². The topological polar surface area (TPSA) is 21.3 Å². The molecule has 0 bridgehead atoms. The van der Waals surface area contributed by atoms with Crippen LogP contribution >= 0.6 is 11.3 Å². The van der Waals surface area contributed by atoms with Gasteiger partial charge in [-0.25, -0.2) is 0 Å². The summed E-state index contributed by atoms with van der Waals surface area (Å²) >= 11 is 1.79. The molecule has 1 atom stereocenters. The van der Waals surface area contributed by atoms with Gasteiger partial charge in [0.15, 0.2) is 0 Å². The molecule has 1 aromatic heterocycles. The standard InChI is InChI=1S/C12H21NOS/c1-4-7-13-11(9-14-10(2)3)12-6-5-8-15-12/h5-6,8,10-11,13H,4,7,9H2,1-3H3. The summed E-state index contributed by atoms with van der Waals surface area (Å²) in [5, 5.41) is 5.63. The zero-order chi connectivity index (χ0) is 11.1. The maximum atomic E-state index is 5.67. The number of rotatable bonds is 7. The van der Waals surface area contributed by atoms with Gasteiger partial charge in [-0.2, -0.15) is 0 Å². The number of hydrogen-bond donors (Lipinski definition) is 1. The van der Waals surface area contributed by atoms with Gasteiger partial charge in [0.1, 0.15) is 0 Å². The predicted molar refractivity (Wildman–Crippen MR) is 66.4 cm³/mol. The van der Waals surface area contributed by atoms with Crippen molar-refractivity contribution in [3.63, 3.8) is 0 Å². The quantitative estimate of drug-likeness (QED) is 0.772. The molecule has 0 spiro atoms. The van der Waals surface area contributed by atoms with Gasteiger partial charge < -0.3 is 10.1 Å². The predicted octanol–water partition coefficient (Wildman–Crippen LogP) is 3.21. The van der Waals surface area contributed by atoms with Crippen LogP contribution in [0.25, 0.3) is 0 Å². The fourth-order valence-electron chi connectivity index (χ4n) is 1.34. The van der Waals surface area contributed by atoms with Crippen LogP contribution in [0.5, 0.6) is 0 Å². The van der Waals surface area contributed by atoms with E-state index in [-0.39, 0.29) is 0 Å². The Labute approximate surface area is 96.7 Å². The fraction of sp³-hybridized carbons (Fsp3) is 0.667. The minimum atomic E-state index is 0.302. The summed E-state index contributed by atoms with van der Waals surface area (Å²) < 4.78 is 5.67. The third-order valence-corrected chi connectivity index (χ3v) is 3.11. The first kappa shape index (κ1) is 12.7. The monoisotopic (exact) mass is 227 g/mol. The average Bonchev–Trinajstić information content (AvgIpc) is 2.71. The van der Waals surface area contributed by atoms with Crippen molar-refractivity contribution in [3.05, 3.63) is 22.4 Å². The van der Waals surface area contributed by atoms with Crippen LogP contribution in [-0.4, -0.2) is 19.3 Å². The molecule has 0 radical (unpaired) electrons. The molecule has 3 heteroatoms. The van der Waals surface area contributed by atoms with Crippen molar-refractivity contribution in [2.24, 2.45) is 0 Å². The minimum Gasteiger partial charge on any atom is -0.377 e. The summed E-state index contributed by atoms with van der Waals surface area (Å²) in [6.07, 6.45) is 1.46. The Balaban J connectivity index is 2.46. The first-order valence-electron chi connectivity index (χ1n) is 5.62. The van der Waals surface area contributed by atoms with Crippen molar-refractivity contribution >= 4 is 11.3 Å². The molecule has 0 fully saturated rings. The molecule has 0 aliphatic heterocycles. The summed E-state index contributed by atoms with van der Waals surface area (Å²) in [5.41, 5.74) is 0. The SMILES string of the molecule is CCCNC(COC(C)C)c1cccs1. The summed E-state index contributed by atoms with van der Waals surface area (Å²) in [6, 6.07) is 4.62. The van der Waals surface area contributed by atoms with Gasteiger partial charge in [-0.3, -0.25) is 0 Å². The Bertz CT molecular complexity index is 246. The van der Waals surface area contributed by atoms with Crippen molar-refractivity contribution in [2.45, 2.75) is 39.3 Å². The maximum Gasteiger partial charge on any atom is 0.0672 e. The molecule has 0 aromatic carbocycles. The van der Waals surface area contributed by atoms with E-state index < -0.39 is 0 Å². The van der Waals surface area contributed by atoms with Gasteiger partial charge in [-0.15, -0.1) is 11.3 Å². The van der Waals surface area contributed by atoms with E-state index in [2.05, 4.69) is 43.6 Å². The van der Waals surface area contributed by atoms with Crippen molar-refractivity contribution < 1.29 is 4.74 Å². The Morgan fingerprint density at radius 2 is 2.27 bits per heavy atom. The van der Waals surface area contributed by atoms with Crippen LogP contribution in [0.15, 0.2) is 17.5 Å². The van der Waals surface area contributed by atoms with Gasteiger partial charge in [0.25, 0.3) is 0 Å². The Hall–Kier alpha value is -0.380. The summed E-state index contributed by atoms with van der Waals surface area (Å²) in [7, 11) is 0. The molecule has 0 amide bonds. The molecule has 1 aromatic rings. The van der Waals surface area contributed by atoms with Gasteiger partial charge in [0.05, 0.1) is 18.8 Å². The lowest BCUT2D eigenvalue weighted by molar-refractivity contribution is 0.0618. The molecule has 2 nitrogen and oxygen atoms in total. The average molecular weight is 227 g/mol. The van der Waals surface area contributed by atoms with Crippen LogP contribution in [0.3, 0.4) is 0 Å². The van der Waals surface area contributed by atoms with E-state index in [1.807, 2.05) is 0 Å². The van der Waals surface area contributed by atoms with E-state index in [0.717, 1.165) is 19.6 Å². The van der Waals surface area contributed by atoms with Crippen LogP contribution in [-0.2, 0) is 4.74 Å². The van der Waals surface area contributed by atoms with Crippen LogP contribution < -0.4 is 5.32 Å². The second-order valence-corrected chi connectivity index (χ2v) is 4.88. The molecular weight excluding hydrogens is 206 g/mol. The van der Waals surface area contributed by atoms with Crippen molar-refractivity contribution in [1.82, 2.24) is 5.32 Å². The van der Waals surface area contributed by atoms with Crippen LogP contribution in [0.2, 0.25) is 0 Å². The second-order valence-electron chi connectivity index (χ2n) is 3.90. The Morgan fingerprint density at radius 1 is 1.47 bits per heavy atom. The number of thiophene rings is 1. The molecular formula is C12H21NOS. The normalized spacial score (nSPS) is 13.3. The molecule has 0 aliphatic carbocycles. The van der Waals surface area contributed by atoms with E-state index in [1.165, 1.54) is 4.88 Å². The van der Waals surface area contributed by atoms with Gasteiger partial charge >= 0.3 is 0 Å². The van der Waals surface area contributed by atoms with E-state index in [1.54, 1.807) is 11.3 Å². The maximum absolute atomic E-state index is 5.67. The van der Waals surface area contributed by atoms with Crippen molar-refractivity contribution in [1.29, 1.82) is 0 Å². The van der Waals surface area contributed by atoms with Crippen LogP contribution in [0.4, 0.5) is 0 Å². The molecule has 1 N–H and O–H groups in total. The van der Waals surface area contributed by atoms with Gasteiger partial charge in [0, 0.05) is 4.88 Å². The molecule has 86 valence electrons. The molecule has 0 saturated carbocycles. The van der Waals surface area contributed by atoms with E-state index in [9.17, 15) is 0 Å². The summed E-state index contributed by atoms with van der Waals surface area (Å²) in [6.45, 7) is 8.14. The van der Waals surface area contributed by atoms with Crippen LogP contribution in [0, 0.1) is 0 Å². The Morgan fingerprint density at radius 3 is 2.80 bits per heavy atom. The van der Waals surface area contributed by atoms with E-state index >= 15 is 0 Å². The molecule has 1 rings (SSSR count). The molecule has 15 heavy (non-hydrogen) atoms. The van der Waals surface area contributed by atoms with Crippen molar-refractivity contribution in [3.8, 4) is 0 Å². The van der Waals surface area contributed by atoms with Crippen LogP contribution in [0.1, 0.15) is 38.1 Å². The second kappa shape index (κ2) is 6.99. The number of hydrogen-bond acceptors (Lipinski definition) is 3. The highest BCUT2D eigenvalue weighted by Gasteiger charge is 2.12. The van der Waals surface area contributed by atoms with Gasteiger partial charge in [-0.1, -0.05) is 13.0 Å². The smallest absolute Gasteiger partial charge is 0.0672 e. The largest absolute Gasteiger partial charge is 0.377 e. The fourth-order valence-corrected chi connectivity index (χ4v) is 2.13. The first-order valence-corrected chi connectivity index (χ1v) is 6.50. The molecule has 0 saturated heterocycles. The summed E-state index contributed by atoms with van der Waals surface area (Å²) in [5.74, 6) is 0. The Kier molecular flexibility index (Phi) is 5.91. The van der Waals surface area contributed by atoms with Gasteiger partial charge in [-0.05, 0) is 38.3 Å².